The SMILES string of the molecule is NC1(CC(=O)NCCc2cccc(F)c2)CCCCC1. The van der Waals surface area contributed by atoms with E-state index in [1.54, 1.807) is 6.07 Å². The Labute approximate surface area is 119 Å². The highest BCUT2D eigenvalue weighted by Gasteiger charge is 2.29. The standard InChI is InChI=1S/C16H23FN2O/c17-14-6-4-5-13(11-14)7-10-19-15(20)12-16(18)8-2-1-3-9-16/h4-6,11H,1-3,7-10,12,18H2,(H,19,20). The van der Waals surface area contributed by atoms with Gasteiger partial charge in [0.15, 0.2) is 0 Å². The Morgan fingerprint density at radius 3 is 2.75 bits per heavy atom. The summed E-state index contributed by atoms with van der Waals surface area (Å²) in [5, 5.41) is 2.88. The van der Waals surface area contributed by atoms with Crippen molar-refractivity contribution in [3.05, 3.63) is 35.6 Å². The lowest BCUT2D eigenvalue weighted by molar-refractivity contribution is -0.122. The maximum absolute atomic E-state index is 13.0. The van der Waals surface area contributed by atoms with E-state index in [-0.39, 0.29) is 17.3 Å². The van der Waals surface area contributed by atoms with E-state index in [4.69, 9.17) is 5.73 Å². The van der Waals surface area contributed by atoms with Crippen LogP contribution in [0.15, 0.2) is 24.3 Å². The van der Waals surface area contributed by atoms with E-state index < -0.39 is 0 Å². The minimum Gasteiger partial charge on any atom is -0.356 e. The molecule has 0 spiro atoms. The van der Waals surface area contributed by atoms with Crippen molar-refractivity contribution in [1.82, 2.24) is 5.32 Å². The second kappa shape index (κ2) is 6.84. The molecule has 0 heterocycles. The van der Waals surface area contributed by atoms with Crippen molar-refractivity contribution < 1.29 is 9.18 Å². The van der Waals surface area contributed by atoms with Crippen molar-refractivity contribution in [3.63, 3.8) is 0 Å². The molecule has 4 heteroatoms. The third-order valence-electron chi connectivity index (χ3n) is 3.99. The predicted octanol–water partition coefficient (Wildman–Crippen LogP) is 2.54. The van der Waals surface area contributed by atoms with Gasteiger partial charge in [0.25, 0.3) is 0 Å². The van der Waals surface area contributed by atoms with Gasteiger partial charge in [-0.1, -0.05) is 31.4 Å². The maximum Gasteiger partial charge on any atom is 0.221 e. The molecule has 0 aromatic heterocycles. The van der Waals surface area contributed by atoms with Gasteiger partial charge in [-0.25, -0.2) is 4.39 Å². The topological polar surface area (TPSA) is 55.1 Å². The van der Waals surface area contributed by atoms with Crippen molar-refractivity contribution in [2.75, 3.05) is 6.54 Å². The molecule has 0 bridgehead atoms. The van der Waals surface area contributed by atoms with Gasteiger partial charge in [0.1, 0.15) is 5.82 Å². The van der Waals surface area contributed by atoms with E-state index in [1.165, 1.54) is 18.6 Å². The summed E-state index contributed by atoms with van der Waals surface area (Å²) in [6, 6.07) is 6.46. The van der Waals surface area contributed by atoms with Gasteiger partial charge in [0.05, 0.1) is 0 Å². The molecule has 3 nitrogen and oxygen atoms in total. The molecule has 1 aliphatic carbocycles. The molecule has 1 aromatic rings. The van der Waals surface area contributed by atoms with Gasteiger partial charge >= 0.3 is 0 Å². The van der Waals surface area contributed by atoms with E-state index in [9.17, 15) is 9.18 Å². The molecule has 1 aliphatic rings. The van der Waals surface area contributed by atoms with Crippen LogP contribution in [-0.4, -0.2) is 18.0 Å². The molecule has 0 unspecified atom stereocenters. The van der Waals surface area contributed by atoms with E-state index in [0.717, 1.165) is 31.2 Å². The van der Waals surface area contributed by atoms with Gasteiger partial charge in [0, 0.05) is 18.5 Å². The minimum absolute atomic E-state index is 0.00537. The van der Waals surface area contributed by atoms with Crippen LogP contribution in [0.25, 0.3) is 0 Å². The normalized spacial score (nSPS) is 17.7. The highest BCUT2D eigenvalue weighted by Crippen LogP contribution is 2.28. The summed E-state index contributed by atoms with van der Waals surface area (Å²) >= 11 is 0. The van der Waals surface area contributed by atoms with Gasteiger partial charge in [0.2, 0.25) is 5.91 Å². The van der Waals surface area contributed by atoms with Gasteiger partial charge in [-0.05, 0) is 37.0 Å². The van der Waals surface area contributed by atoms with E-state index in [0.29, 0.717) is 19.4 Å². The summed E-state index contributed by atoms with van der Waals surface area (Å²) < 4.78 is 13.0. The highest BCUT2D eigenvalue weighted by atomic mass is 19.1. The molecule has 0 aliphatic heterocycles. The largest absolute Gasteiger partial charge is 0.356 e. The minimum atomic E-state index is -0.318. The van der Waals surface area contributed by atoms with Crippen molar-refractivity contribution in [1.29, 1.82) is 0 Å². The molecular weight excluding hydrogens is 255 g/mol. The summed E-state index contributed by atoms with van der Waals surface area (Å²) in [7, 11) is 0. The maximum atomic E-state index is 13.0. The van der Waals surface area contributed by atoms with Crippen molar-refractivity contribution in [2.45, 2.75) is 50.5 Å². The molecule has 0 radical (unpaired) electrons. The molecule has 20 heavy (non-hydrogen) atoms. The zero-order valence-electron chi connectivity index (χ0n) is 11.8. The first-order valence-corrected chi connectivity index (χ1v) is 7.37. The molecule has 2 rings (SSSR count). The summed E-state index contributed by atoms with van der Waals surface area (Å²) in [6.45, 7) is 0.526. The fraction of sp³-hybridized carbons (Fsp3) is 0.562. The van der Waals surface area contributed by atoms with Crippen molar-refractivity contribution in [2.24, 2.45) is 5.73 Å². The number of hydrogen-bond acceptors (Lipinski definition) is 2. The van der Waals surface area contributed by atoms with Gasteiger partial charge < -0.3 is 11.1 Å². The van der Waals surface area contributed by atoms with Crippen LogP contribution in [0, 0.1) is 5.82 Å². The molecule has 1 amide bonds. The Morgan fingerprint density at radius 1 is 1.30 bits per heavy atom. The molecule has 3 N–H and O–H groups in total. The number of hydrogen-bond donors (Lipinski definition) is 2. The van der Waals surface area contributed by atoms with Crippen molar-refractivity contribution >= 4 is 5.91 Å². The van der Waals surface area contributed by atoms with Crippen LogP contribution >= 0.6 is 0 Å². The number of amides is 1. The molecule has 1 fully saturated rings. The summed E-state index contributed by atoms with van der Waals surface area (Å²) in [5.41, 5.74) is 6.83. The van der Waals surface area contributed by atoms with Crippen LogP contribution in [-0.2, 0) is 11.2 Å². The fourth-order valence-corrected chi connectivity index (χ4v) is 2.85. The zero-order valence-corrected chi connectivity index (χ0v) is 11.8. The molecule has 0 saturated heterocycles. The number of nitrogens with one attached hydrogen (secondary N) is 1. The zero-order chi connectivity index (χ0) is 14.4. The molecule has 0 atom stereocenters. The smallest absolute Gasteiger partial charge is 0.221 e. The Hall–Kier alpha value is -1.42. The number of halogens is 1. The van der Waals surface area contributed by atoms with E-state index in [1.807, 2.05) is 6.07 Å². The first-order valence-electron chi connectivity index (χ1n) is 7.37. The lowest BCUT2D eigenvalue weighted by Crippen LogP contribution is -2.46. The Bertz CT molecular complexity index is 456. The average Bonchev–Trinajstić information content (AvgIpc) is 2.39. The molecule has 110 valence electrons. The van der Waals surface area contributed by atoms with Gasteiger partial charge in [-0.2, -0.15) is 0 Å². The van der Waals surface area contributed by atoms with Crippen LogP contribution in [0.5, 0.6) is 0 Å². The second-order valence-electron chi connectivity index (χ2n) is 5.83. The summed E-state index contributed by atoms with van der Waals surface area (Å²) in [4.78, 5) is 11.9. The molecule has 1 aromatic carbocycles. The van der Waals surface area contributed by atoms with Crippen molar-refractivity contribution in [3.8, 4) is 0 Å². The van der Waals surface area contributed by atoms with E-state index >= 15 is 0 Å². The van der Waals surface area contributed by atoms with Gasteiger partial charge in [-0.15, -0.1) is 0 Å². The fourth-order valence-electron chi connectivity index (χ4n) is 2.85. The first-order chi connectivity index (χ1) is 9.57. The number of benzene rings is 1. The third kappa shape index (κ3) is 4.60. The van der Waals surface area contributed by atoms with Gasteiger partial charge in [-0.3, -0.25) is 4.79 Å². The quantitative estimate of drug-likeness (QED) is 0.869. The van der Waals surface area contributed by atoms with Crippen LogP contribution in [0.4, 0.5) is 4.39 Å². The molecular formula is C16H23FN2O. The van der Waals surface area contributed by atoms with E-state index in [2.05, 4.69) is 5.32 Å². The number of rotatable bonds is 5. The highest BCUT2D eigenvalue weighted by molar-refractivity contribution is 5.77. The average molecular weight is 278 g/mol. The number of nitrogens with two attached hydrogens (primary N) is 1. The van der Waals surface area contributed by atoms with Crippen LogP contribution in [0.2, 0.25) is 0 Å². The number of carbonyl (C=O) groups is 1. The van der Waals surface area contributed by atoms with Crippen LogP contribution < -0.4 is 11.1 Å². The monoisotopic (exact) mass is 278 g/mol. The Kier molecular flexibility index (Phi) is 5.12. The van der Waals surface area contributed by atoms with Crippen LogP contribution in [0.3, 0.4) is 0 Å². The summed E-state index contributed by atoms with van der Waals surface area (Å²) in [5.74, 6) is -0.234. The Balaban J connectivity index is 1.72. The summed E-state index contributed by atoms with van der Waals surface area (Å²) in [6.07, 6.45) is 6.37. The lowest BCUT2D eigenvalue weighted by Gasteiger charge is -2.32. The molecule has 1 saturated carbocycles. The number of carbonyl (C=O) groups excluding carboxylic acids is 1. The van der Waals surface area contributed by atoms with Crippen LogP contribution in [0.1, 0.15) is 44.1 Å². The third-order valence-corrected chi connectivity index (χ3v) is 3.99. The first kappa shape index (κ1) is 15.0. The predicted molar refractivity (Wildman–Crippen MR) is 77.7 cm³/mol. The lowest BCUT2D eigenvalue weighted by atomic mass is 9.80. The second-order valence-corrected chi connectivity index (χ2v) is 5.83. The Morgan fingerprint density at radius 2 is 2.05 bits per heavy atom.